The molecule has 0 aromatic heterocycles. The smallest absolute Gasteiger partial charge is 0.379 e. The molecular formula is C9H7ClF4O. The van der Waals surface area contributed by atoms with Crippen molar-refractivity contribution in [3.63, 3.8) is 0 Å². The van der Waals surface area contributed by atoms with E-state index >= 15 is 0 Å². The second kappa shape index (κ2) is 3.98. The normalized spacial score (nSPS) is 14.1. The van der Waals surface area contributed by atoms with Gasteiger partial charge in [-0.2, -0.15) is 13.2 Å². The number of hydrogen-bond acceptors (Lipinski definition) is 1. The van der Waals surface area contributed by atoms with Gasteiger partial charge in [0.25, 0.3) is 0 Å². The number of aliphatic hydroxyl groups excluding tert-OH is 1. The van der Waals surface area contributed by atoms with Gasteiger partial charge in [0.15, 0.2) is 6.10 Å². The molecule has 0 bridgehead atoms. The van der Waals surface area contributed by atoms with Gasteiger partial charge in [0.2, 0.25) is 0 Å². The lowest BCUT2D eigenvalue weighted by atomic mass is 10.1. The zero-order valence-electron chi connectivity index (χ0n) is 7.57. The first-order valence-electron chi connectivity index (χ1n) is 3.94. The van der Waals surface area contributed by atoms with E-state index in [9.17, 15) is 17.6 Å². The summed E-state index contributed by atoms with van der Waals surface area (Å²) in [6.07, 6.45) is -7.50. The van der Waals surface area contributed by atoms with Crippen molar-refractivity contribution in [3.8, 4) is 0 Å². The molecule has 1 unspecified atom stereocenters. The summed E-state index contributed by atoms with van der Waals surface area (Å²) in [5, 5.41) is 8.48. The first kappa shape index (κ1) is 12.3. The summed E-state index contributed by atoms with van der Waals surface area (Å²) < 4.78 is 49.3. The molecule has 1 aromatic rings. The van der Waals surface area contributed by atoms with Gasteiger partial charge < -0.3 is 5.11 Å². The Kier molecular flexibility index (Phi) is 3.25. The maximum atomic E-state index is 12.9. The molecule has 0 heterocycles. The van der Waals surface area contributed by atoms with E-state index < -0.39 is 28.7 Å². The van der Waals surface area contributed by atoms with E-state index in [1.165, 1.54) is 6.92 Å². The molecule has 1 N–H and O–H groups in total. The zero-order chi connectivity index (χ0) is 11.8. The van der Waals surface area contributed by atoms with Crippen molar-refractivity contribution >= 4 is 11.6 Å². The lowest BCUT2D eigenvalue weighted by Crippen LogP contribution is -2.20. The zero-order valence-corrected chi connectivity index (χ0v) is 8.33. The molecule has 0 aliphatic rings. The lowest BCUT2D eigenvalue weighted by molar-refractivity contribution is -0.206. The molecule has 0 spiro atoms. The van der Waals surface area contributed by atoms with Crippen LogP contribution in [0.4, 0.5) is 17.6 Å². The fraction of sp³-hybridized carbons (Fsp3) is 0.333. The summed E-state index contributed by atoms with van der Waals surface area (Å²) in [5.41, 5.74) is -0.541. The summed E-state index contributed by atoms with van der Waals surface area (Å²) >= 11 is 5.40. The van der Waals surface area contributed by atoms with Crippen LogP contribution in [0, 0.1) is 12.7 Å². The van der Waals surface area contributed by atoms with Crippen LogP contribution in [0.15, 0.2) is 12.1 Å². The van der Waals surface area contributed by atoms with E-state index in [0.29, 0.717) is 0 Å². The Balaban J connectivity index is 3.21. The summed E-state index contributed by atoms with van der Waals surface area (Å²) in [5.74, 6) is -0.710. The average Bonchev–Trinajstić information content (AvgIpc) is 2.08. The standard InChI is InChI=1S/C9H7ClF4O/c1-4-2-5(6(10)3-7(4)11)8(15)9(12,13)14/h2-3,8,15H,1H3. The average molecular weight is 243 g/mol. The second-order valence-corrected chi connectivity index (χ2v) is 3.47. The van der Waals surface area contributed by atoms with E-state index in [4.69, 9.17) is 16.7 Å². The molecular weight excluding hydrogens is 236 g/mol. The van der Waals surface area contributed by atoms with Crippen LogP contribution >= 0.6 is 11.6 Å². The maximum absolute atomic E-state index is 12.9. The summed E-state index contributed by atoms with van der Waals surface area (Å²) in [6, 6.07) is 1.64. The van der Waals surface area contributed by atoms with Crippen LogP contribution in [-0.4, -0.2) is 11.3 Å². The van der Waals surface area contributed by atoms with Gasteiger partial charge in [0.1, 0.15) is 5.82 Å². The van der Waals surface area contributed by atoms with Gasteiger partial charge >= 0.3 is 6.18 Å². The summed E-state index contributed by atoms with van der Waals surface area (Å²) in [6.45, 7) is 1.29. The van der Waals surface area contributed by atoms with Crippen LogP contribution in [-0.2, 0) is 0 Å². The first-order chi connectivity index (χ1) is 6.73. The number of benzene rings is 1. The van der Waals surface area contributed by atoms with Crippen molar-refractivity contribution in [2.45, 2.75) is 19.2 Å². The Hall–Kier alpha value is -0.810. The highest BCUT2D eigenvalue weighted by atomic mass is 35.5. The third-order valence-corrected chi connectivity index (χ3v) is 2.21. The number of rotatable bonds is 1. The highest BCUT2D eigenvalue weighted by Gasteiger charge is 2.40. The van der Waals surface area contributed by atoms with Crippen molar-refractivity contribution in [2.75, 3.05) is 0 Å². The molecule has 15 heavy (non-hydrogen) atoms. The molecule has 6 heteroatoms. The summed E-state index contributed by atoms with van der Waals surface area (Å²) in [4.78, 5) is 0. The number of aliphatic hydroxyl groups is 1. The van der Waals surface area contributed by atoms with Gasteiger partial charge in [-0.05, 0) is 24.6 Å². The Morgan fingerprint density at radius 3 is 2.33 bits per heavy atom. The van der Waals surface area contributed by atoms with Crippen LogP contribution in [0.1, 0.15) is 17.2 Å². The quantitative estimate of drug-likeness (QED) is 0.749. The largest absolute Gasteiger partial charge is 0.418 e. The number of halogens is 5. The van der Waals surface area contributed by atoms with E-state index in [0.717, 1.165) is 12.1 Å². The Labute approximate surface area is 88.3 Å². The SMILES string of the molecule is Cc1cc(C(O)C(F)(F)F)c(Cl)cc1F. The van der Waals surface area contributed by atoms with Crippen molar-refractivity contribution in [3.05, 3.63) is 34.1 Å². The molecule has 0 aliphatic carbocycles. The monoisotopic (exact) mass is 242 g/mol. The Morgan fingerprint density at radius 1 is 1.33 bits per heavy atom. The Bertz CT molecular complexity index is 375. The molecule has 0 saturated heterocycles. The van der Waals surface area contributed by atoms with Crippen molar-refractivity contribution < 1.29 is 22.7 Å². The van der Waals surface area contributed by atoms with Crippen LogP contribution in [0.25, 0.3) is 0 Å². The van der Waals surface area contributed by atoms with Crippen LogP contribution in [0.3, 0.4) is 0 Å². The molecule has 84 valence electrons. The second-order valence-electron chi connectivity index (χ2n) is 3.07. The number of alkyl halides is 3. The van der Waals surface area contributed by atoms with Crippen LogP contribution in [0.2, 0.25) is 5.02 Å². The molecule has 0 radical (unpaired) electrons. The van der Waals surface area contributed by atoms with E-state index in [2.05, 4.69) is 0 Å². The number of aryl methyl sites for hydroxylation is 1. The maximum Gasteiger partial charge on any atom is 0.418 e. The van der Waals surface area contributed by atoms with E-state index in [1.54, 1.807) is 0 Å². The van der Waals surface area contributed by atoms with Crippen LogP contribution in [0.5, 0.6) is 0 Å². The molecule has 1 rings (SSSR count). The number of hydrogen-bond donors (Lipinski definition) is 1. The topological polar surface area (TPSA) is 20.2 Å². The Morgan fingerprint density at radius 2 is 1.87 bits per heavy atom. The predicted molar refractivity (Wildman–Crippen MR) is 47.2 cm³/mol. The lowest BCUT2D eigenvalue weighted by Gasteiger charge is -2.16. The summed E-state index contributed by atoms with van der Waals surface area (Å²) in [7, 11) is 0. The molecule has 1 atom stereocenters. The van der Waals surface area contributed by atoms with Gasteiger partial charge in [0, 0.05) is 10.6 Å². The minimum Gasteiger partial charge on any atom is -0.379 e. The fourth-order valence-corrected chi connectivity index (χ4v) is 1.32. The predicted octanol–water partition coefficient (Wildman–Crippen LogP) is 3.38. The molecule has 1 aromatic carbocycles. The van der Waals surface area contributed by atoms with Gasteiger partial charge in [-0.15, -0.1) is 0 Å². The molecule has 0 fully saturated rings. The molecule has 0 aliphatic heterocycles. The first-order valence-corrected chi connectivity index (χ1v) is 4.31. The van der Waals surface area contributed by atoms with Gasteiger partial charge in [0.05, 0.1) is 0 Å². The van der Waals surface area contributed by atoms with E-state index in [1.807, 2.05) is 0 Å². The highest BCUT2D eigenvalue weighted by molar-refractivity contribution is 6.31. The van der Waals surface area contributed by atoms with Crippen LogP contribution < -0.4 is 0 Å². The highest BCUT2D eigenvalue weighted by Crippen LogP contribution is 2.36. The van der Waals surface area contributed by atoms with Gasteiger partial charge in [-0.25, -0.2) is 4.39 Å². The molecule has 1 nitrogen and oxygen atoms in total. The van der Waals surface area contributed by atoms with Gasteiger partial charge in [-0.1, -0.05) is 11.6 Å². The third-order valence-electron chi connectivity index (χ3n) is 1.88. The van der Waals surface area contributed by atoms with Crippen molar-refractivity contribution in [2.24, 2.45) is 0 Å². The van der Waals surface area contributed by atoms with Crippen molar-refractivity contribution in [1.82, 2.24) is 0 Å². The minimum absolute atomic E-state index is 0.00213. The van der Waals surface area contributed by atoms with Gasteiger partial charge in [-0.3, -0.25) is 0 Å². The fourth-order valence-electron chi connectivity index (χ4n) is 1.07. The third kappa shape index (κ3) is 2.60. The minimum atomic E-state index is -4.81. The molecule has 0 amide bonds. The van der Waals surface area contributed by atoms with E-state index in [-0.39, 0.29) is 5.56 Å². The van der Waals surface area contributed by atoms with Crippen molar-refractivity contribution in [1.29, 1.82) is 0 Å². The molecule has 0 saturated carbocycles.